The molecule has 17 heavy (non-hydrogen) atoms. The Hall–Kier alpha value is -1.95. The molecule has 0 saturated carbocycles. The van der Waals surface area contributed by atoms with Crippen molar-refractivity contribution in [3.05, 3.63) is 23.8 Å². The summed E-state index contributed by atoms with van der Waals surface area (Å²) in [6.07, 6.45) is 1.50. The maximum Gasteiger partial charge on any atom is 0.232 e. The van der Waals surface area contributed by atoms with Gasteiger partial charge in [0.2, 0.25) is 5.91 Å². The van der Waals surface area contributed by atoms with Crippen LogP contribution < -0.4 is 10.1 Å². The molecule has 2 rings (SSSR count). The van der Waals surface area contributed by atoms with E-state index < -0.39 is 0 Å². The number of ether oxygens (including phenoxy) is 1. The Balaban J connectivity index is 2.23. The third-order valence-electron chi connectivity index (χ3n) is 2.94. The quantitative estimate of drug-likeness (QED) is 0.809. The minimum Gasteiger partial charge on any atom is -0.497 e. The molecule has 0 spiro atoms. The van der Waals surface area contributed by atoms with E-state index in [1.807, 2.05) is 25.1 Å². The lowest BCUT2D eigenvalue weighted by Gasteiger charge is -2.07. The molecule has 3 nitrogen and oxygen atoms in total. The van der Waals surface area contributed by atoms with Gasteiger partial charge in [-0.1, -0.05) is 0 Å². The average molecular weight is 229 g/mol. The van der Waals surface area contributed by atoms with E-state index in [2.05, 4.69) is 17.2 Å². The Labute approximate surface area is 101 Å². The number of amides is 1. The van der Waals surface area contributed by atoms with Crippen molar-refractivity contribution in [2.24, 2.45) is 0 Å². The summed E-state index contributed by atoms with van der Waals surface area (Å²) in [5.41, 5.74) is 1.91. The highest BCUT2D eigenvalue weighted by Gasteiger charge is 2.30. The second kappa shape index (κ2) is 4.92. The van der Waals surface area contributed by atoms with E-state index in [1.54, 1.807) is 7.11 Å². The molecule has 0 bridgehead atoms. The number of nitrogens with one attached hydrogen (secondary N) is 1. The molecule has 1 aromatic rings. The van der Waals surface area contributed by atoms with Crippen LogP contribution in [0.15, 0.2) is 18.2 Å². The molecule has 0 radical (unpaired) electrons. The molecule has 1 atom stereocenters. The highest BCUT2D eigenvalue weighted by atomic mass is 16.5. The van der Waals surface area contributed by atoms with Crippen LogP contribution in [-0.4, -0.2) is 13.0 Å². The summed E-state index contributed by atoms with van der Waals surface area (Å²) >= 11 is 0. The average Bonchev–Trinajstić information content (AvgIpc) is 2.65. The van der Waals surface area contributed by atoms with Crippen LogP contribution in [0.2, 0.25) is 0 Å². The number of carbonyl (C=O) groups is 1. The minimum atomic E-state index is -0.0963. The van der Waals surface area contributed by atoms with Crippen LogP contribution in [0.3, 0.4) is 0 Å². The van der Waals surface area contributed by atoms with Crippen molar-refractivity contribution < 1.29 is 9.53 Å². The number of hydrogen-bond donors (Lipinski definition) is 1. The van der Waals surface area contributed by atoms with Crippen molar-refractivity contribution in [3.63, 3.8) is 0 Å². The largest absolute Gasteiger partial charge is 0.497 e. The van der Waals surface area contributed by atoms with Crippen molar-refractivity contribution >= 4 is 11.6 Å². The lowest BCUT2D eigenvalue weighted by atomic mass is 9.95. The fourth-order valence-corrected chi connectivity index (χ4v) is 2.06. The summed E-state index contributed by atoms with van der Waals surface area (Å²) in [4.78, 5) is 11.8. The lowest BCUT2D eigenvalue weighted by Crippen LogP contribution is -2.11. The van der Waals surface area contributed by atoms with Gasteiger partial charge in [0.1, 0.15) is 5.75 Å². The Morgan fingerprint density at radius 2 is 2.29 bits per heavy atom. The first-order valence-electron chi connectivity index (χ1n) is 5.64. The van der Waals surface area contributed by atoms with Crippen LogP contribution in [0.1, 0.15) is 31.2 Å². The predicted molar refractivity (Wildman–Crippen MR) is 67.0 cm³/mol. The van der Waals surface area contributed by atoms with Gasteiger partial charge in [0, 0.05) is 12.1 Å². The first-order chi connectivity index (χ1) is 8.26. The normalized spacial score (nSPS) is 16.8. The molecule has 1 N–H and O–H groups in total. The second-order valence-corrected chi connectivity index (χ2v) is 3.96. The summed E-state index contributed by atoms with van der Waals surface area (Å²) < 4.78 is 5.18. The number of fused-ring (bicyclic) bond motifs is 1. The van der Waals surface area contributed by atoms with E-state index in [-0.39, 0.29) is 11.8 Å². The molecule has 0 aromatic heterocycles. The summed E-state index contributed by atoms with van der Waals surface area (Å²) in [7, 11) is 1.63. The van der Waals surface area contributed by atoms with Crippen LogP contribution in [0.4, 0.5) is 5.69 Å². The third kappa shape index (κ3) is 2.26. The zero-order valence-electron chi connectivity index (χ0n) is 10.0. The van der Waals surface area contributed by atoms with Gasteiger partial charge < -0.3 is 10.1 Å². The van der Waals surface area contributed by atoms with Gasteiger partial charge in [-0.2, -0.15) is 0 Å². The molecule has 3 heteroatoms. The number of carbonyl (C=O) groups excluding carboxylic acids is 1. The van der Waals surface area contributed by atoms with E-state index in [4.69, 9.17) is 4.74 Å². The van der Waals surface area contributed by atoms with E-state index in [1.165, 1.54) is 0 Å². The Morgan fingerprint density at radius 3 is 3.00 bits per heavy atom. The topological polar surface area (TPSA) is 38.3 Å². The van der Waals surface area contributed by atoms with Crippen LogP contribution in [0.5, 0.6) is 5.75 Å². The molecule has 0 fully saturated rings. The van der Waals surface area contributed by atoms with Gasteiger partial charge in [0.15, 0.2) is 0 Å². The Bertz CT molecular complexity index is 497. The SMILES string of the molecule is CC#CCCC1C(=O)Nc2ccc(OC)cc21. The third-order valence-corrected chi connectivity index (χ3v) is 2.94. The van der Waals surface area contributed by atoms with Gasteiger partial charge in [-0.3, -0.25) is 4.79 Å². The van der Waals surface area contributed by atoms with E-state index in [0.717, 1.165) is 29.8 Å². The van der Waals surface area contributed by atoms with Crippen molar-refractivity contribution in [1.82, 2.24) is 0 Å². The molecule has 0 aliphatic carbocycles. The number of benzene rings is 1. The van der Waals surface area contributed by atoms with Crippen molar-refractivity contribution in [1.29, 1.82) is 0 Å². The van der Waals surface area contributed by atoms with E-state index in [9.17, 15) is 4.79 Å². The van der Waals surface area contributed by atoms with Crippen LogP contribution in [0.25, 0.3) is 0 Å². The van der Waals surface area contributed by atoms with Gasteiger partial charge in [-0.05, 0) is 37.1 Å². The smallest absolute Gasteiger partial charge is 0.232 e. The first kappa shape index (κ1) is 11.5. The predicted octanol–water partition coefficient (Wildman–Crippen LogP) is 2.53. The molecular formula is C14H15NO2. The maximum absolute atomic E-state index is 11.8. The van der Waals surface area contributed by atoms with E-state index >= 15 is 0 Å². The van der Waals surface area contributed by atoms with Gasteiger partial charge >= 0.3 is 0 Å². The number of hydrogen-bond acceptors (Lipinski definition) is 2. The second-order valence-electron chi connectivity index (χ2n) is 3.96. The summed E-state index contributed by atoms with van der Waals surface area (Å²) in [5, 5.41) is 2.88. The van der Waals surface area contributed by atoms with Crippen molar-refractivity contribution in [3.8, 4) is 17.6 Å². The van der Waals surface area contributed by atoms with Crippen LogP contribution >= 0.6 is 0 Å². The lowest BCUT2D eigenvalue weighted by molar-refractivity contribution is -0.117. The molecule has 1 aliphatic rings. The zero-order chi connectivity index (χ0) is 12.3. The molecule has 1 aliphatic heterocycles. The molecule has 0 saturated heterocycles. The summed E-state index contributed by atoms with van der Waals surface area (Å²) in [5.74, 6) is 6.59. The highest BCUT2D eigenvalue weighted by molar-refractivity contribution is 6.03. The molecule has 1 unspecified atom stereocenters. The molecular weight excluding hydrogens is 214 g/mol. The molecule has 1 heterocycles. The van der Waals surface area contributed by atoms with Crippen molar-refractivity contribution in [2.45, 2.75) is 25.7 Å². The molecule has 1 aromatic carbocycles. The monoisotopic (exact) mass is 229 g/mol. The van der Waals surface area contributed by atoms with Crippen LogP contribution in [0, 0.1) is 11.8 Å². The fourth-order valence-electron chi connectivity index (χ4n) is 2.06. The minimum absolute atomic E-state index is 0.0613. The zero-order valence-corrected chi connectivity index (χ0v) is 10.0. The Kier molecular flexibility index (Phi) is 3.34. The molecule has 88 valence electrons. The number of methoxy groups -OCH3 is 1. The van der Waals surface area contributed by atoms with Gasteiger partial charge in [-0.15, -0.1) is 11.8 Å². The Morgan fingerprint density at radius 1 is 1.47 bits per heavy atom. The van der Waals surface area contributed by atoms with Gasteiger partial charge in [0.25, 0.3) is 0 Å². The van der Waals surface area contributed by atoms with Crippen LogP contribution in [-0.2, 0) is 4.79 Å². The maximum atomic E-state index is 11.8. The van der Waals surface area contributed by atoms with E-state index in [0.29, 0.717) is 0 Å². The summed E-state index contributed by atoms with van der Waals surface area (Å²) in [6, 6.07) is 5.67. The number of anilines is 1. The highest BCUT2D eigenvalue weighted by Crippen LogP contribution is 2.37. The molecule has 1 amide bonds. The first-order valence-corrected chi connectivity index (χ1v) is 5.64. The van der Waals surface area contributed by atoms with Gasteiger partial charge in [-0.25, -0.2) is 0 Å². The fraction of sp³-hybridized carbons (Fsp3) is 0.357. The van der Waals surface area contributed by atoms with Crippen molar-refractivity contribution in [2.75, 3.05) is 12.4 Å². The van der Waals surface area contributed by atoms with Gasteiger partial charge in [0.05, 0.1) is 13.0 Å². The standard InChI is InChI=1S/C14H15NO2/c1-3-4-5-6-11-12-9-10(17-2)7-8-13(12)15-14(11)16/h7-9,11H,5-6H2,1-2H3,(H,15,16). The summed E-state index contributed by atoms with van der Waals surface area (Å²) in [6.45, 7) is 1.81. The number of rotatable bonds is 3.